The maximum atomic E-state index is 9.99. The van der Waals surface area contributed by atoms with E-state index in [-0.39, 0.29) is 6.10 Å². The second-order valence-corrected chi connectivity index (χ2v) is 6.91. The van der Waals surface area contributed by atoms with Crippen molar-refractivity contribution in [3.05, 3.63) is 59.7 Å². The van der Waals surface area contributed by atoms with Gasteiger partial charge in [0.15, 0.2) is 11.0 Å². The van der Waals surface area contributed by atoms with Crippen LogP contribution in [0.2, 0.25) is 0 Å². The van der Waals surface area contributed by atoms with Crippen molar-refractivity contribution in [2.45, 2.75) is 31.3 Å². The summed E-state index contributed by atoms with van der Waals surface area (Å²) >= 11 is 1.75. The van der Waals surface area contributed by atoms with Gasteiger partial charge in [-0.05, 0) is 36.4 Å². The highest BCUT2D eigenvalue weighted by Crippen LogP contribution is 2.27. The lowest BCUT2D eigenvalue weighted by atomic mass is 10.1. The number of rotatable bonds is 2. The van der Waals surface area contributed by atoms with Crippen molar-refractivity contribution in [1.29, 1.82) is 0 Å². The maximum Gasteiger partial charge on any atom is 0.319 e. The van der Waals surface area contributed by atoms with E-state index in [0.29, 0.717) is 6.54 Å². The fraction of sp³-hybridized carbons (Fsp3) is 0.278. The van der Waals surface area contributed by atoms with Crippen molar-refractivity contribution in [2.75, 3.05) is 5.75 Å². The number of thioether (sulfide) groups is 1. The first-order chi connectivity index (χ1) is 10.7. The van der Waals surface area contributed by atoms with E-state index < -0.39 is 0 Å². The number of aliphatic hydroxyl groups is 1. The van der Waals surface area contributed by atoms with Crippen LogP contribution in [-0.2, 0) is 13.1 Å². The van der Waals surface area contributed by atoms with Gasteiger partial charge in [-0.25, -0.2) is 9.13 Å². The number of fused-ring (bicyclic) bond motifs is 3. The Morgan fingerprint density at radius 2 is 1.95 bits per heavy atom. The van der Waals surface area contributed by atoms with Crippen LogP contribution in [0.25, 0.3) is 11.0 Å². The summed E-state index contributed by atoms with van der Waals surface area (Å²) in [5.41, 5.74) is 5.03. The molecule has 4 rings (SSSR count). The summed E-state index contributed by atoms with van der Waals surface area (Å²) < 4.78 is 4.62. The first-order valence-corrected chi connectivity index (χ1v) is 8.58. The quantitative estimate of drug-likeness (QED) is 0.737. The molecule has 2 heterocycles. The van der Waals surface area contributed by atoms with Gasteiger partial charge < -0.3 is 5.11 Å². The van der Waals surface area contributed by atoms with E-state index in [2.05, 4.69) is 64.6 Å². The molecule has 112 valence electrons. The topological polar surface area (TPSA) is 29.0 Å². The first kappa shape index (κ1) is 13.9. The molecule has 1 aliphatic rings. The molecule has 2 aromatic carbocycles. The van der Waals surface area contributed by atoms with Gasteiger partial charge in [0, 0.05) is 5.75 Å². The molecule has 0 unspecified atom stereocenters. The zero-order chi connectivity index (χ0) is 15.1. The Labute approximate surface area is 134 Å². The molecule has 4 heteroatoms. The van der Waals surface area contributed by atoms with Gasteiger partial charge in [-0.2, -0.15) is 0 Å². The molecular weight excluding hydrogens is 292 g/mol. The molecule has 3 nitrogen and oxygen atoms in total. The summed E-state index contributed by atoms with van der Waals surface area (Å²) in [7, 11) is 0. The summed E-state index contributed by atoms with van der Waals surface area (Å²) in [4.78, 5) is 0. The van der Waals surface area contributed by atoms with Crippen LogP contribution in [0.1, 0.15) is 11.1 Å². The molecule has 1 aromatic heterocycles. The van der Waals surface area contributed by atoms with Gasteiger partial charge >= 0.3 is 5.16 Å². The Morgan fingerprint density at radius 1 is 1.18 bits per heavy atom. The van der Waals surface area contributed by atoms with Gasteiger partial charge in [0.05, 0.1) is 0 Å². The van der Waals surface area contributed by atoms with Crippen LogP contribution in [0.5, 0.6) is 0 Å². The second-order valence-electron chi connectivity index (χ2n) is 5.92. The van der Waals surface area contributed by atoms with E-state index in [9.17, 15) is 5.11 Å². The third-order valence-electron chi connectivity index (χ3n) is 4.18. The van der Waals surface area contributed by atoms with E-state index in [0.717, 1.165) is 12.3 Å². The Hall–Kier alpha value is -1.78. The number of aryl methyl sites for hydroxylation is 1. The first-order valence-electron chi connectivity index (χ1n) is 7.60. The van der Waals surface area contributed by atoms with Crippen LogP contribution in [0.3, 0.4) is 0 Å². The zero-order valence-corrected chi connectivity index (χ0v) is 13.4. The number of hydrogen-bond donors (Lipinski definition) is 1. The van der Waals surface area contributed by atoms with E-state index in [4.69, 9.17) is 0 Å². The molecule has 0 radical (unpaired) electrons. The predicted molar refractivity (Wildman–Crippen MR) is 89.1 cm³/mol. The Kier molecular flexibility index (Phi) is 3.43. The van der Waals surface area contributed by atoms with Crippen molar-refractivity contribution in [3.8, 4) is 0 Å². The Balaban J connectivity index is 1.84. The number of benzene rings is 2. The summed E-state index contributed by atoms with van der Waals surface area (Å²) in [5, 5.41) is 11.2. The van der Waals surface area contributed by atoms with Crippen LogP contribution in [-0.4, -0.2) is 21.5 Å². The molecule has 0 spiro atoms. The summed E-state index contributed by atoms with van der Waals surface area (Å²) in [6, 6.07) is 17.2. The van der Waals surface area contributed by atoms with Crippen molar-refractivity contribution in [1.82, 2.24) is 4.57 Å². The number of aromatic nitrogens is 2. The Bertz CT molecular complexity index is 823. The van der Waals surface area contributed by atoms with Gasteiger partial charge in [0.25, 0.3) is 0 Å². The predicted octanol–water partition coefficient (Wildman–Crippen LogP) is 2.75. The number of nitrogens with zero attached hydrogens (tertiary/aromatic N) is 2. The molecule has 0 amide bonds. The molecule has 1 atom stereocenters. The van der Waals surface area contributed by atoms with Crippen molar-refractivity contribution >= 4 is 22.8 Å². The van der Waals surface area contributed by atoms with Gasteiger partial charge in [-0.15, -0.1) is 0 Å². The number of imidazole rings is 1. The molecule has 0 saturated carbocycles. The average molecular weight is 311 g/mol. The lowest BCUT2D eigenvalue weighted by Crippen LogP contribution is -2.45. The zero-order valence-electron chi connectivity index (χ0n) is 12.6. The molecule has 22 heavy (non-hydrogen) atoms. The molecule has 0 fully saturated rings. The molecule has 1 aliphatic heterocycles. The van der Waals surface area contributed by atoms with Gasteiger partial charge in [0.2, 0.25) is 0 Å². The van der Waals surface area contributed by atoms with Crippen molar-refractivity contribution in [3.63, 3.8) is 0 Å². The highest BCUT2D eigenvalue weighted by Gasteiger charge is 2.31. The van der Waals surface area contributed by atoms with Gasteiger partial charge in [-0.3, -0.25) is 0 Å². The molecular formula is C18H19N2OS+. The number of hydrogen-bond acceptors (Lipinski definition) is 2. The molecule has 1 N–H and O–H groups in total. The lowest BCUT2D eigenvalue weighted by molar-refractivity contribution is -0.717. The third kappa shape index (κ3) is 2.32. The maximum absolute atomic E-state index is 9.99. The number of para-hydroxylation sites is 2. The van der Waals surface area contributed by atoms with Crippen molar-refractivity contribution < 1.29 is 9.67 Å². The van der Waals surface area contributed by atoms with E-state index in [1.807, 2.05) is 0 Å². The van der Waals surface area contributed by atoms with Crippen LogP contribution >= 0.6 is 11.8 Å². The highest BCUT2D eigenvalue weighted by molar-refractivity contribution is 7.99. The van der Waals surface area contributed by atoms with E-state index in [1.165, 1.54) is 27.3 Å². The van der Waals surface area contributed by atoms with E-state index >= 15 is 0 Å². The average Bonchev–Trinajstić information content (AvgIpc) is 2.83. The van der Waals surface area contributed by atoms with Crippen LogP contribution in [0, 0.1) is 6.92 Å². The van der Waals surface area contributed by atoms with E-state index in [1.54, 1.807) is 11.8 Å². The third-order valence-corrected chi connectivity index (χ3v) is 5.43. The minimum absolute atomic E-state index is 0.263. The number of aliphatic hydroxyl groups excluding tert-OH is 1. The highest BCUT2D eigenvalue weighted by atomic mass is 32.2. The molecule has 0 bridgehead atoms. The molecule has 3 aromatic rings. The monoisotopic (exact) mass is 311 g/mol. The summed E-state index contributed by atoms with van der Waals surface area (Å²) in [6.45, 7) is 3.67. The minimum atomic E-state index is -0.263. The largest absolute Gasteiger partial charge is 0.388 e. The van der Waals surface area contributed by atoms with Crippen LogP contribution in [0.4, 0.5) is 0 Å². The smallest absolute Gasteiger partial charge is 0.319 e. The SMILES string of the molecule is Cc1ccc(Cn2c3[n+](c4ccccc42)C[C@H](O)CS3)cc1. The summed E-state index contributed by atoms with van der Waals surface area (Å²) in [6.07, 6.45) is -0.263. The minimum Gasteiger partial charge on any atom is -0.388 e. The molecule has 0 aliphatic carbocycles. The van der Waals surface area contributed by atoms with Crippen LogP contribution < -0.4 is 4.57 Å². The van der Waals surface area contributed by atoms with Crippen LogP contribution in [0.15, 0.2) is 53.7 Å². The van der Waals surface area contributed by atoms with Crippen molar-refractivity contribution in [2.24, 2.45) is 0 Å². The Morgan fingerprint density at radius 3 is 2.77 bits per heavy atom. The standard InChI is InChI=1S/C18H19N2OS/c1-13-6-8-14(9-7-13)10-19-16-4-2-3-5-17(16)20-11-15(21)12-22-18(19)20/h2-9,15,21H,10-12H2,1H3/q+1/t15-/m0/s1. The van der Waals surface area contributed by atoms with Gasteiger partial charge in [-0.1, -0.05) is 42.0 Å². The lowest BCUT2D eigenvalue weighted by Gasteiger charge is -2.14. The molecule has 0 saturated heterocycles. The second kappa shape index (κ2) is 5.45. The van der Waals surface area contributed by atoms with Gasteiger partial charge in [0.1, 0.15) is 19.2 Å². The summed E-state index contributed by atoms with van der Waals surface area (Å²) in [5.74, 6) is 0.768. The fourth-order valence-electron chi connectivity index (χ4n) is 3.07. The normalized spacial score (nSPS) is 17.6. The fourth-order valence-corrected chi connectivity index (χ4v) is 4.16.